The standard InChI is InChI=1S/C19H25N3O5.C2H2O4/c23-12-14-10-17(6-7-18(14)25)27-13-16(24)11-20-8-9-21-19(26)22-15-4-2-1-3-5-15;3-1(4)2(5)6/h1-7,10,16,20,23-25H,8-9,11-13H2,(H2,21,22,26);(H,3,4)(H,5,6). The van der Waals surface area contributed by atoms with Crippen LogP contribution < -0.4 is 20.7 Å². The molecule has 1 unspecified atom stereocenters. The molecule has 0 aliphatic carbocycles. The SMILES string of the molecule is O=C(NCCNCC(O)COc1ccc(O)c(CO)c1)Nc1ccccc1.O=C(O)C(=O)O. The van der Waals surface area contributed by atoms with Crippen LogP contribution in [0.4, 0.5) is 10.5 Å². The molecular formula is C21H27N3O9. The normalized spacial score (nSPS) is 10.8. The van der Waals surface area contributed by atoms with Gasteiger partial charge in [0.25, 0.3) is 0 Å². The number of urea groups is 1. The maximum absolute atomic E-state index is 11.7. The van der Waals surface area contributed by atoms with E-state index in [1.165, 1.54) is 12.1 Å². The summed E-state index contributed by atoms with van der Waals surface area (Å²) in [7, 11) is 0. The number of rotatable bonds is 10. The largest absolute Gasteiger partial charge is 0.508 e. The number of aliphatic carboxylic acids is 2. The van der Waals surface area contributed by atoms with Crippen LogP contribution in [0.25, 0.3) is 0 Å². The van der Waals surface area contributed by atoms with Gasteiger partial charge in [-0.05, 0) is 30.3 Å². The summed E-state index contributed by atoms with van der Waals surface area (Å²) in [5.41, 5.74) is 1.08. The molecule has 0 heterocycles. The zero-order valence-corrected chi connectivity index (χ0v) is 17.6. The first-order valence-corrected chi connectivity index (χ1v) is 9.73. The van der Waals surface area contributed by atoms with Crippen molar-refractivity contribution in [2.75, 3.05) is 31.6 Å². The molecule has 12 heteroatoms. The van der Waals surface area contributed by atoms with Crippen molar-refractivity contribution in [2.45, 2.75) is 12.7 Å². The number of para-hydroxylation sites is 1. The number of carbonyl (C=O) groups excluding carboxylic acids is 1. The Morgan fingerprint density at radius 2 is 1.64 bits per heavy atom. The molecule has 33 heavy (non-hydrogen) atoms. The Hall–Kier alpha value is -3.87. The van der Waals surface area contributed by atoms with Crippen molar-refractivity contribution in [1.29, 1.82) is 0 Å². The van der Waals surface area contributed by atoms with E-state index in [0.29, 0.717) is 36.6 Å². The van der Waals surface area contributed by atoms with Crippen LogP contribution in [0, 0.1) is 0 Å². The second-order valence-corrected chi connectivity index (χ2v) is 6.47. The average Bonchev–Trinajstić information content (AvgIpc) is 2.79. The van der Waals surface area contributed by atoms with Crippen LogP contribution in [0.1, 0.15) is 5.56 Å². The fourth-order valence-corrected chi connectivity index (χ4v) is 2.26. The van der Waals surface area contributed by atoms with E-state index in [-0.39, 0.29) is 25.0 Å². The molecule has 2 aromatic rings. The number of carboxylic acid groups (broad SMARTS) is 2. The average molecular weight is 465 g/mol. The van der Waals surface area contributed by atoms with Crippen LogP contribution in [0.3, 0.4) is 0 Å². The molecule has 12 nitrogen and oxygen atoms in total. The number of anilines is 1. The van der Waals surface area contributed by atoms with Crippen molar-refractivity contribution in [2.24, 2.45) is 0 Å². The summed E-state index contributed by atoms with van der Waals surface area (Å²) >= 11 is 0. The topological polar surface area (TPSA) is 198 Å². The van der Waals surface area contributed by atoms with Gasteiger partial charge in [0.05, 0.1) is 6.61 Å². The number of hydrogen-bond donors (Lipinski definition) is 8. The minimum absolute atomic E-state index is 0.00383. The minimum atomic E-state index is -1.82. The molecule has 0 aromatic heterocycles. The highest BCUT2D eigenvalue weighted by Crippen LogP contribution is 2.22. The van der Waals surface area contributed by atoms with Crippen molar-refractivity contribution in [3.63, 3.8) is 0 Å². The number of nitrogens with one attached hydrogen (secondary N) is 3. The molecule has 2 amide bonds. The second kappa shape index (κ2) is 15.0. The van der Waals surface area contributed by atoms with Gasteiger partial charge >= 0.3 is 18.0 Å². The maximum atomic E-state index is 11.7. The molecule has 0 spiro atoms. The molecule has 8 N–H and O–H groups in total. The van der Waals surface area contributed by atoms with Gasteiger partial charge in [-0.3, -0.25) is 0 Å². The molecule has 0 aliphatic rings. The van der Waals surface area contributed by atoms with E-state index in [9.17, 15) is 15.0 Å². The number of amides is 2. The van der Waals surface area contributed by atoms with E-state index >= 15 is 0 Å². The molecule has 0 aliphatic heterocycles. The summed E-state index contributed by atoms with van der Waals surface area (Å²) in [6.45, 7) is 0.965. The Kier molecular flexibility index (Phi) is 12.4. The smallest absolute Gasteiger partial charge is 0.414 e. The summed E-state index contributed by atoms with van der Waals surface area (Å²) in [4.78, 5) is 29.9. The van der Waals surface area contributed by atoms with Crippen LogP contribution in [-0.4, -0.2) is 75.8 Å². The van der Waals surface area contributed by atoms with E-state index in [0.717, 1.165) is 0 Å². The van der Waals surface area contributed by atoms with Crippen LogP contribution in [0.5, 0.6) is 11.5 Å². The number of hydrogen-bond acceptors (Lipinski definition) is 8. The van der Waals surface area contributed by atoms with Gasteiger partial charge < -0.3 is 46.2 Å². The molecule has 2 aromatic carbocycles. The molecular weight excluding hydrogens is 438 g/mol. The third kappa shape index (κ3) is 11.9. The van der Waals surface area contributed by atoms with Crippen molar-refractivity contribution < 1.29 is 44.7 Å². The summed E-state index contributed by atoms with van der Waals surface area (Å²) in [6.07, 6.45) is -0.741. The molecule has 1 atom stereocenters. The Bertz CT molecular complexity index is 882. The highest BCUT2D eigenvalue weighted by Gasteiger charge is 2.07. The Morgan fingerprint density at radius 1 is 0.970 bits per heavy atom. The minimum Gasteiger partial charge on any atom is -0.508 e. The Balaban J connectivity index is 0.000000801. The Labute approximate surface area is 189 Å². The zero-order valence-electron chi connectivity index (χ0n) is 17.6. The van der Waals surface area contributed by atoms with Crippen LogP contribution in [-0.2, 0) is 16.2 Å². The van der Waals surface area contributed by atoms with E-state index in [1.54, 1.807) is 18.2 Å². The number of aliphatic hydroxyl groups is 2. The molecule has 180 valence electrons. The number of phenols is 1. The number of aliphatic hydroxyl groups excluding tert-OH is 2. The monoisotopic (exact) mass is 465 g/mol. The van der Waals surface area contributed by atoms with E-state index in [2.05, 4.69) is 16.0 Å². The van der Waals surface area contributed by atoms with Crippen molar-refractivity contribution in [1.82, 2.24) is 10.6 Å². The van der Waals surface area contributed by atoms with Gasteiger partial charge in [0.1, 0.15) is 24.2 Å². The van der Waals surface area contributed by atoms with Crippen molar-refractivity contribution >= 4 is 23.7 Å². The third-order valence-corrected chi connectivity index (χ3v) is 3.85. The van der Waals surface area contributed by atoms with Gasteiger partial charge in [-0.15, -0.1) is 0 Å². The first-order valence-electron chi connectivity index (χ1n) is 9.73. The molecule has 0 radical (unpaired) electrons. The lowest BCUT2D eigenvalue weighted by Gasteiger charge is -2.14. The van der Waals surface area contributed by atoms with E-state index < -0.39 is 18.0 Å². The van der Waals surface area contributed by atoms with Crippen molar-refractivity contribution in [3.8, 4) is 11.5 Å². The number of aromatic hydroxyl groups is 1. The highest BCUT2D eigenvalue weighted by molar-refractivity contribution is 6.27. The van der Waals surface area contributed by atoms with Crippen LogP contribution >= 0.6 is 0 Å². The lowest BCUT2D eigenvalue weighted by atomic mass is 10.2. The number of benzene rings is 2. The van der Waals surface area contributed by atoms with Crippen LogP contribution in [0.2, 0.25) is 0 Å². The first-order chi connectivity index (χ1) is 15.7. The predicted molar refractivity (Wildman–Crippen MR) is 117 cm³/mol. The summed E-state index contributed by atoms with van der Waals surface area (Å²) in [5.74, 6) is -3.20. The molecule has 0 saturated carbocycles. The van der Waals surface area contributed by atoms with Gasteiger partial charge in [-0.1, -0.05) is 18.2 Å². The van der Waals surface area contributed by atoms with Crippen LogP contribution in [0.15, 0.2) is 48.5 Å². The molecule has 2 rings (SSSR count). The molecule has 0 bridgehead atoms. The summed E-state index contributed by atoms with van der Waals surface area (Å²) < 4.78 is 5.43. The molecule has 0 fully saturated rings. The van der Waals surface area contributed by atoms with Gasteiger partial charge in [-0.25, -0.2) is 14.4 Å². The lowest BCUT2D eigenvalue weighted by Crippen LogP contribution is -2.38. The highest BCUT2D eigenvalue weighted by atomic mass is 16.5. The lowest BCUT2D eigenvalue weighted by molar-refractivity contribution is -0.159. The van der Waals surface area contributed by atoms with E-state index in [4.69, 9.17) is 29.6 Å². The van der Waals surface area contributed by atoms with E-state index in [1.807, 2.05) is 18.2 Å². The molecule has 0 saturated heterocycles. The summed E-state index contributed by atoms with van der Waals surface area (Å²) in [5, 5.41) is 51.7. The quantitative estimate of drug-likeness (QED) is 0.177. The Morgan fingerprint density at radius 3 is 2.24 bits per heavy atom. The number of carboxylic acids is 2. The third-order valence-electron chi connectivity index (χ3n) is 3.85. The van der Waals surface area contributed by atoms with Crippen molar-refractivity contribution in [3.05, 3.63) is 54.1 Å². The van der Waals surface area contributed by atoms with Gasteiger partial charge in [0, 0.05) is 30.9 Å². The van der Waals surface area contributed by atoms with Gasteiger partial charge in [0.15, 0.2) is 0 Å². The summed E-state index contributed by atoms with van der Waals surface area (Å²) in [6, 6.07) is 13.4. The number of ether oxygens (including phenoxy) is 1. The maximum Gasteiger partial charge on any atom is 0.414 e. The van der Waals surface area contributed by atoms with Gasteiger partial charge in [-0.2, -0.15) is 0 Å². The first kappa shape index (κ1) is 27.2. The number of carbonyl (C=O) groups is 3. The zero-order chi connectivity index (χ0) is 24.6. The predicted octanol–water partition coefficient (Wildman–Crippen LogP) is 0.191. The van der Waals surface area contributed by atoms with Gasteiger partial charge in [0.2, 0.25) is 0 Å². The second-order valence-electron chi connectivity index (χ2n) is 6.47. The fourth-order valence-electron chi connectivity index (χ4n) is 2.26. The fraction of sp³-hybridized carbons (Fsp3) is 0.286.